The summed E-state index contributed by atoms with van der Waals surface area (Å²) < 4.78 is 50.1. The van der Waals surface area contributed by atoms with Gasteiger partial charge in [0.1, 0.15) is 29.0 Å². The molecule has 16 heteroatoms. The van der Waals surface area contributed by atoms with Crippen LogP contribution in [0.4, 0.5) is 18.9 Å². The number of methoxy groups -OCH3 is 2. The van der Waals surface area contributed by atoms with Crippen LogP contribution in [0.2, 0.25) is 15.1 Å². The second-order valence-corrected chi connectivity index (χ2v) is 45.8. The first-order valence-corrected chi connectivity index (χ1v) is 52.5. The van der Waals surface area contributed by atoms with Gasteiger partial charge >= 0.3 is 0 Å². The molecule has 0 spiro atoms. The smallest absolute Gasteiger partial charge is 0.123 e. The quantitative estimate of drug-likeness (QED) is 0.0687. The van der Waals surface area contributed by atoms with E-state index in [2.05, 4.69) is 362 Å². The minimum atomic E-state index is -0.983. The van der Waals surface area contributed by atoms with Gasteiger partial charge in [-0.15, -0.1) is 0 Å². The lowest BCUT2D eigenvalue weighted by Crippen LogP contribution is -2.20. The zero-order valence-corrected chi connectivity index (χ0v) is 82.9. The van der Waals surface area contributed by atoms with Crippen molar-refractivity contribution in [2.45, 2.75) is 34.3 Å². The number of anilines is 1. The maximum Gasteiger partial charge on any atom is 0.123 e. The lowest BCUT2D eigenvalue weighted by atomic mass is 10.2. The molecule has 0 atom stereocenters. The average Bonchev–Trinajstić information content (AvgIpc) is 0.797. The van der Waals surface area contributed by atoms with Crippen LogP contribution in [-0.4, -0.2) is 33.4 Å². The van der Waals surface area contributed by atoms with Gasteiger partial charge in [-0.25, -0.2) is 13.2 Å². The summed E-state index contributed by atoms with van der Waals surface area (Å²) in [6.45, 7) is 8.62. The number of aliphatic hydroxyl groups excluding tert-OH is 1. The zero-order valence-electron chi connectivity index (χ0n) is 75.2. The average molecular weight is 1920 g/mol. The van der Waals surface area contributed by atoms with Crippen LogP contribution < -0.4 is 110 Å². The van der Waals surface area contributed by atoms with E-state index in [9.17, 15) is 18.3 Å². The number of benzene rings is 18. The Kier molecular flexibility index (Phi) is 37.7. The van der Waals surface area contributed by atoms with E-state index >= 15 is 0 Å². The molecule has 0 aliphatic rings. The van der Waals surface area contributed by atoms with Crippen LogP contribution in [0.15, 0.2) is 461 Å². The van der Waals surface area contributed by atoms with E-state index in [1.165, 1.54) is 144 Å². The largest absolute Gasteiger partial charge is 0.497 e. The van der Waals surface area contributed by atoms with E-state index in [-0.39, 0.29) is 24.1 Å². The molecule has 0 saturated carbocycles. The van der Waals surface area contributed by atoms with Gasteiger partial charge in [-0.2, -0.15) is 0 Å². The summed E-state index contributed by atoms with van der Waals surface area (Å²) in [4.78, 5) is 2.14. The summed E-state index contributed by atoms with van der Waals surface area (Å²) in [5, 5.41) is 34.4. The molecular weight excluding hydrogens is 1820 g/mol. The molecule has 0 aliphatic carbocycles. The normalized spacial score (nSPS) is 10.8. The van der Waals surface area contributed by atoms with Gasteiger partial charge in [0.25, 0.3) is 0 Å². The molecule has 18 aromatic rings. The molecule has 0 aliphatic heterocycles. The number of halogens is 6. The molecular formula is C117H103Cl3F3NO3P6. The molecule has 0 amide bonds. The molecule has 0 fully saturated rings. The maximum atomic E-state index is 13.2. The van der Waals surface area contributed by atoms with Crippen molar-refractivity contribution in [2.24, 2.45) is 0 Å². The predicted octanol–water partition coefficient (Wildman–Crippen LogP) is 23.9. The first-order valence-electron chi connectivity index (χ1n) is 43.3. The van der Waals surface area contributed by atoms with Crippen LogP contribution in [-0.2, 0) is 6.61 Å². The Morgan fingerprint density at radius 2 is 0.376 bits per heavy atom. The van der Waals surface area contributed by atoms with E-state index in [4.69, 9.17) is 44.3 Å². The van der Waals surface area contributed by atoms with Gasteiger partial charge < -0.3 is 19.5 Å². The van der Waals surface area contributed by atoms with Gasteiger partial charge in [-0.05, 0) is 285 Å². The molecule has 4 nitrogen and oxygen atoms in total. The second-order valence-electron chi connectivity index (χ2n) is 31.2. The van der Waals surface area contributed by atoms with Gasteiger partial charge in [0.2, 0.25) is 0 Å². The molecule has 18 rings (SSSR count). The second kappa shape index (κ2) is 50.6. The van der Waals surface area contributed by atoms with Crippen LogP contribution in [0.5, 0.6) is 11.5 Å². The Labute approximate surface area is 805 Å². The number of ether oxygens (including phenoxy) is 2. The number of hydrogen-bond donors (Lipinski definition) is 1. The Hall–Kier alpha value is -11.4. The summed E-state index contributed by atoms with van der Waals surface area (Å²) in [5.74, 6) is 0.777. The fourth-order valence-electron chi connectivity index (χ4n) is 14.4. The number of hydrogen-bond acceptors (Lipinski definition) is 4. The molecule has 18 aromatic carbocycles. The standard InChI is InChI=1S/C21H21O3P.C21H21P.C20H20NP.C19H17P.C18H12Cl3P.C18H12F3P/c1-23-17-5-11-20(12-6-17)25(19-9-3-16(15-22)4-10-19)21-13-7-18(24-2)8-14-21;1-16-4-10-19(11-5-16)22(20-12-6-17(2)7-13-20)21-14-8-18(3)9-15-21;1-21(2)17-13-15-20(16-14-17)22(18-9-5-3-6-10-18)19-11-7-4-8-12-19;1-16-12-14-19(15-13-16)20(17-8-4-2-5-9-17)18-10-6-3-7-11-18;2*19-13-1-7-16(8-2-13)22(17-9-3-14(20)4-10-17)18-11-5-15(21)6-12-18/h3-14,22H,15H2,1-2H3;4-15H,1-3H3;3-16H,1-2H3;2-15H,1H3;2*1-12H. The summed E-state index contributed by atoms with van der Waals surface area (Å²) in [6, 6.07) is 155. The van der Waals surface area contributed by atoms with E-state index in [0.717, 1.165) is 48.0 Å². The number of nitrogens with zero attached hydrogens (tertiary/aromatic N) is 1. The fraction of sp³-hybridized carbons (Fsp3) is 0.0769. The number of aliphatic hydroxyl groups is 1. The maximum absolute atomic E-state index is 13.2. The zero-order chi connectivity index (χ0) is 93.4. The molecule has 0 bridgehead atoms. The lowest BCUT2D eigenvalue weighted by Gasteiger charge is -2.20. The number of aryl methyl sites for hydroxylation is 4. The molecule has 0 unspecified atom stereocenters. The highest BCUT2D eigenvalue weighted by molar-refractivity contribution is 7.82. The molecule has 1 N–H and O–H groups in total. The molecule has 133 heavy (non-hydrogen) atoms. The van der Waals surface area contributed by atoms with Crippen molar-refractivity contribution in [1.29, 1.82) is 0 Å². The predicted molar refractivity (Wildman–Crippen MR) is 578 cm³/mol. The van der Waals surface area contributed by atoms with E-state index in [0.29, 0.717) is 0 Å². The van der Waals surface area contributed by atoms with Crippen molar-refractivity contribution >= 4 is 184 Å². The van der Waals surface area contributed by atoms with Crippen LogP contribution >= 0.6 is 82.3 Å². The highest BCUT2D eigenvalue weighted by Gasteiger charge is 2.24. The highest BCUT2D eigenvalue weighted by Crippen LogP contribution is 2.40. The van der Waals surface area contributed by atoms with E-state index in [1.807, 2.05) is 72.8 Å². The molecule has 0 heterocycles. The third-order valence-electron chi connectivity index (χ3n) is 21.4. The fourth-order valence-corrected chi connectivity index (χ4v) is 28.3. The third kappa shape index (κ3) is 28.8. The molecule has 0 saturated heterocycles. The minimum absolute atomic E-state index is 0.0588. The van der Waals surface area contributed by atoms with Crippen molar-refractivity contribution < 1.29 is 27.8 Å². The van der Waals surface area contributed by atoms with Gasteiger partial charge in [0.05, 0.1) is 20.8 Å². The topological polar surface area (TPSA) is 41.9 Å². The number of rotatable bonds is 22. The first-order chi connectivity index (χ1) is 64.7. The van der Waals surface area contributed by atoms with Crippen molar-refractivity contribution in [3.63, 3.8) is 0 Å². The SMILES string of the molecule is CN(C)c1ccc(P(c2ccccc2)c2ccccc2)cc1.COc1ccc(P(c2ccc(CO)cc2)c2ccc(OC)cc2)cc1.Cc1ccc(P(c2ccc(C)cc2)c2ccc(C)cc2)cc1.Cc1ccc(P(c2ccccc2)c2ccccc2)cc1.Clc1ccc(P(c2ccc(Cl)cc2)c2ccc(Cl)cc2)cc1.Fc1ccc(P(c2ccc(F)cc2)c2ccc(F)cc2)cc1. The van der Waals surface area contributed by atoms with Gasteiger partial charge in [0, 0.05) is 34.9 Å². The Morgan fingerprint density at radius 1 is 0.218 bits per heavy atom. The monoisotopic (exact) mass is 1920 g/mol. The lowest BCUT2D eigenvalue weighted by molar-refractivity contribution is 0.282. The van der Waals surface area contributed by atoms with E-state index < -0.39 is 47.5 Å². The Balaban J connectivity index is 0.000000136. The Bertz CT molecular complexity index is 5670. The molecule has 0 radical (unpaired) electrons. The van der Waals surface area contributed by atoms with Gasteiger partial charge in [-0.1, -0.05) is 409 Å². The minimum Gasteiger partial charge on any atom is -0.497 e. The Morgan fingerprint density at radius 3 is 0.556 bits per heavy atom. The molecule has 0 aromatic heterocycles. The third-order valence-corrected chi connectivity index (χ3v) is 36.8. The summed E-state index contributed by atoms with van der Waals surface area (Å²) in [7, 11) is 3.73. The van der Waals surface area contributed by atoms with Crippen molar-refractivity contribution in [3.8, 4) is 11.5 Å². The summed E-state index contributed by atoms with van der Waals surface area (Å²) in [6.07, 6.45) is 0. The highest BCUT2D eigenvalue weighted by atomic mass is 35.5. The van der Waals surface area contributed by atoms with Crippen LogP contribution in [0.3, 0.4) is 0 Å². The van der Waals surface area contributed by atoms with Gasteiger partial charge in [-0.3, -0.25) is 0 Å². The summed E-state index contributed by atoms with van der Waals surface area (Å²) >= 11 is 18.1. The molecule has 666 valence electrons. The van der Waals surface area contributed by atoms with Crippen LogP contribution in [0, 0.1) is 45.1 Å². The van der Waals surface area contributed by atoms with Gasteiger partial charge in [0.15, 0.2) is 0 Å². The van der Waals surface area contributed by atoms with Crippen LogP contribution in [0.1, 0.15) is 27.8 Å². The van der Waals surface area contributed by atoms with Crippen molar-refractivity contribution in [3.05, 3.63) is 521 Å². The van der Waals surface area contributed by atoms with Crippen molar-refractivity contribution in [2.75, 3.05) is 33.2 Å². The van der Waals surface area contributed by atoms with E-state index in [1.54, 1.807) is 50.6 Å². The van der Waals surface area contributed by atoms with Crippen LogP contribution in [0.25, 0.3) is 0 Å². The first kappa shape index (κ1) is 99.0. The van der Waals surface area contributed by atoms with Crippen molar-refractivity contribution in [1.82, 2.24) is 0 Å². The summed E-state index contributed by atoms with van der Waals surface area (Å²) in [5.41, 5.74) is 7.40.